The lowest BCUT2D eigenvalue weighted by Crippen LogP contribution is -2.18. The first kappa shape index (κ1) is 16.1. The highest BCUT2D eigenvalue weighted by molar-refractivity contribution is 4.91. The number of rotatable bonds is 9. The largest absolute Gasteiger partial charge is 0.396 e. The highest BCUT2D eigenvalue weighted by Gasteiger charge is 2.13. The minimum Gasteiger partial charge on any atom is -0.396 e. The summed E-state index contributed by atoms with van der Waals surface area (Å²) in [4.78, 5) is 10.5. The number of aliphatic hydroxyl groups excluding tert-OH is 1. The van der Waals surface area contributed by atoms with E-state index in [4.69, 9.17) is 9.84 Å². The van der Waals surface area contributed by atoms with Gasteiger partial charge in [-0.05, 0) is 57.4 Å². The van der Waals surface area contributed by atoms with Gasteiger partial charge in [0.1, 0.15) is 0 Å². The predicted molar refractivity (Wildman–Crippen MR) is 73.5 cm³/mol. The topological polar surface area (TPSA) is 72.6 Å². The second kappa shape index (κ2) is 9.92. The summed E-state index contributed by atoms with van der Waals surface area (Å²) < 4.78 is 5.63. The van der Waals surface area contributed by atoms with E-state index < -0.39 is 0 Å². The molecule has 1 unspecified atom stereocenters. The number of allylic oxidation sites excluding steroid dienone is 2. The molecule has 1 aliphatic rings. The fourth-order valence-electron chi connectivity index (χ4n) is 2.34. The molecule has 0 amide bonds. The molecule has 0 aromatic carbocycles. The summed E-state index contributed by atoms with van der Waals surface area (Å²) in [6.45, 7) is 0.964. The van der Waals surface area contributed by atoms with Crippen LogP contribution in [0.25, 0.3) is 0 Å². The smallest absolute Gasteiger partial charge is 0.242 e. The summed E-state index contributed by atoms with van der Waals surface area (Å²) in [6.07, 6.45) is 10.1. The van der Waals surface area contributed by atoms with E-state index in [1.54, 1.807) is 6.08 Å². The van der Waals surface area contributed by atoms with Crippen molar-refractivity contribution in [2.24, 2.45) is 0 Å². The van der Waals surface area contributed by atoms with Gasteiger partial charge < -0.3 is 9.84 Å². The second-order valence-electron chi connectivity index (χ2n) is 5.05. The summed E-state index contributed by atoms with van der Waals surface area (Å²) in [5.41, 5.74) is 0.290. The van der Waals surface area contributed by atoms with Gasteiger partial charge in [-0.3, -0.25) is 10.1 Å². The van der Waals surface area contributed by atoms with Crippen molar-refractivity contribution in [2.45, 2.75) is 63.9 Å². The molecule has 0 aliphatic carbocycles. The Morgan fingerprint density at radius 2 is 2.21 bits per heavy atom. The molecule has 0 radical (unpaired) electrons. The Labute approximate surface area is 114 Å². The van der Waals surface area contributed by atoms with Crippen molar-refractivity contribution in [1.82, 2.24) is 0 Å². The van der Waals surface area contributed by atoms with Crippen LogP contribution >= 0.6 is 0 Å². The summed E-state index contributed by atoms with van der Waals surface area (Å²) in [7, 11) is 0. The Balaban J connectivity index is 2.20. The molecular weight excluding hydrogens is 246 g/mol. The SMILES string of the molecule is O=[N+]([O-])/C(=C/CCCC1CCCCO1)CCCCO. The van der Waals surface area contributed by atoms with Crippen molar-refractivity contribution in [1.29, 1.82) is 0 Å². The Morgan fingerprint density at radius 3 is 2.84 bits per heavy atom. The van der Waals surface area contributed by atoms with E-state index in [2.05, 4.69) is 0 Å². The zero-order chi connectivity index (χ0) is 13.9. The third-order valence-corrected chi connectivity index (χ3v) is 3.46. The van der Waals surface area contributed by atoms with Gasteiger partial charge >= 0.3 is 0 Å². The molecule has 1 rings (SSSR count). The van der Waals surface area contributed by atoms with Crippen LogP contribution in [-0.4, -0.2) is 29.3 Å². The van der Waals surface area contributed by atoms with Crippen LogP contribution in [0.1, 0.15) is 57.8 Å². The van der Waals surface area contributed by atoms with E-state index in [1.807, 2.05) is 0 Å². The molecule has 0 bridgehead atoms. The van der Waals surface area contributed by atoms with E-state index >= 15 is 0 Å². The van der Waals surface area contributed by atoms with Crippen molar-refractivity contribution >= 4 is 0 Å². The van der Waals surface area contributed by atoms with E-state index in [0.717, 1.165) is 38.7 Å². The highest BCUT2D eigenvalue weighted by atomic mass is 16.6. The molecular formula is C14H25NO4. The maximum absolute atomic E-state index is 10.8. The molecule has 110 valence electrons. The Hall–Kier alpha value is -0.940. The molecule has 0 aromatic rings. The maximum Gasteiger partial charge on any atom is 0.242 e. The first-order chi connectivity index (χ1) is 9.24. The van der Waals surface area contributed by atoms with E-state index in [9.17, 15) is 10.1 Å². The normalized spacial score (nSPS) is 20.5. The first-order valence-electron chi connectivity index (χ1n) is 7.30. The quantitative estimate of drug-likeness (QED) is 0.397. The zero-order valence-corrected chi connectivity index (χ0v) is 11.6. The monoisotopic (exact) mass is 271 g/mol. The molecule has 5 nitrogen and oxygen atoms in total. The van der Waals surface area contributed by atoms with Gasteiger partial charge in [0.15, 0.2) is 0 Å². The van der Waals surface area contributed by atoms with Crippen LogP contribution in [0.4, 0.5) is 0 Å². The predicted octanol–water partition coefficient (Wildman–Crippen LogP) is 3.05. The average molecular weight is 271 g/mol. The molecule has 1 fully saturated rings. The summed E-state index contributed by atoms with van der Waals surface area (Å²) in [5, 5.41) is 19.5. The van der Waals surface area contributed by atoms with Crippen LogP contribution in [0, 0.1) is 10.1 Å². The van der Waals surface area contributed by atoms with Crippen LogP contribution in [0.2, 0.25) is 0 Å². The van der Waals surface area contributed by atoms with E-state index in [0.29, 0.717) is 25.4 Å². The highest BCUT2D eigenvalue weighted by Crippen LogP contribution is 2.18. The Morgan fingerprint density at radius 1 is 1.37 bits per heavy atom. The van der Waals surface area contributed by atoms with Crippen molar-refractivity contribution in [3.05, 3.63) is 21.9 Å². The minimum atomic E-state index is -0.297. The van der Waals surface area contributed by atoms with Crippen LogP contribution in [-0.2, 0) is 4.74 Å². The number of nitrogens with zero attached hydrogens (tertiary/aromatic N) is 1. The van der Waals surface area contributed by atoms with Gasteiger partial charge in [-0.25, -0.2) is 0 Å². The molecule has 1 saturated heterocycles. The van der Waals surface area contributed by atoms with Gasteiger partial charge in [0.2, 0.25) is 5.70 Å². The lowest BCUT2D eigenvalue weighted by molar-refractivity contribution is -0.428. The summed E-state index contributed by atoms with van der Waals surface area (Å²) >= 11 is 0. The van der Waals surface area contributed by atoms with E-state index in [-0.39, 0.29) is 17.2 Å². The van der Waals surface area contributed by atoms with E-state index in [1.165, 1.54) is 6.42 Å². The Kier molecular flexibility index (Phi) is 8.41. The Bertz CT molecular complexity index is 285. The van der Waals surface area contributed by atoms with Crippen LogP contribution < -0.4 is 0 Å². The second-order valence-corrected chi connectivity index (χ2v) is 5.05. The van der Waals surface area contributed by atoms with Crippen molar-refractivity contribution in [3.63, 3.8) is 0 Å². The molecule has 1 aliphatic heterocycles. The number of unbranched alkanes of at least 4 members (excludes halogenated alkanes) is 2. The lowest BCUT2D eigenvalue weighted by Gasteiger charge is -2.22. The number of hydrogen-bond acceptors (Lipinski definition) is 4. The molecule has 1 N–H and O–H groups in total. The van der Waals surface area contributed by atoms with Crippen molar-refractivity contribution in [2.75, 3.05) is 13.2 Å². The van der Waals surface area contributed by atoms with Gasteiger partial charge in [0.25, 0.3) is 0 Å². The van der Waals surface area contributed by atoms with Crippen LogP contribution in [0.15, 0.2) is 11.8 Å². The van der Waals surface area contributed by atoms with Gasteiger partial charge in [-0.1, -0.05) is 0 Å². The van der Waals surface area contributed by atoms with Gasteiger partial charge in [0, 0.05) is 19.6 Å². The zero-order valence-electron chi connectivity index (χ0n) is 11.6. The average Bonchev–Trinajstić information content (AvgIpc) is 2.42. The van der Waals surface area contributed by atoms with Crippen molar-refractivity contribution in [3.8, 4) is 0 Å². The number of hydrogen-bond donors (Lipinski definition) is 1. The molecule has 0 saturated carbocycles. The van der Waals surface area contributed by atoms with Crippen molar-refractivity contribution < 1.29 is 14.8 Å². The van der Waals surface area contributed by atoms with Gasteiger partial charge in [-0.15, -0.1) is 0 Å². The molecule has 5 heteroatoms. The molecule has 0 aromatic heterocycles. The molecule has 1 heterocycles. The molecule has 1 atom stereocenters. The third-order valence-electron chi connectivity index (χ3n) is 3.46. The maximum atomic E-state index is 10.8. The van der Waals surface area contributed by atoms with Crippen LogP contribution in [0.3, 0.4) is 0 Å². The van der Waals surface area contributed by atoms with Crippen LogP contribution in [0.5, 0.6) is 0 Å². The molecule has 19 heavy (non-hydrogen) atoms. The van der Waals surface area contributed by atoms with Gasteiger partial charge in [0.05, 0.1) is 11.0 Å². The summed E-state index contributed by atoms with van der Waals surface area (Å²) in [5.74, 6) is 0. The standard InChI is InChI=1S/C14H25NO4/c16-11-5-3-8-13(15(17)18)7-1-2-9-14-10-4-6-12-19-14/h7,14,16H,1-6,8-12H2/b13-7+. The minimum absolute atomic E-state index is 0.101. The third kappa shape index (κ3) is 7.28. The number of nitro groups is 1. The summed E-state index contributed by atoms with van der Waals surface area (Å²) in [6, 6.07) is 0. The molecule has 0 spiro atoms. The number of ether oxygens (including phenoxy) is 1. The van der Waals surface area contributed by atoms with Gasteiger partial charge in [-0.2, -0.15) is 0 Å². The fourth-order valence-corrected chi connectivity index (χ4v) is 2.34. The lowest BCUT2D eigenvalue weighted by atomic mass is 10.0. The first-order valence-corrected chi connectivity index (χ1v) is 7.30. The fraction of sp³-hybridized carbons (Fsp3) is 0.857. The number of aliphatic hydroxyl groups is 1.